The van der Waals surface area contributed by atoms with Crippen LogP contribution < -0.4 is 0 Å². The molecule has 2 aliphatic rings. The number of fused-ring (bicyclic) bond motifs is 2. The van der Waals surface area contributed by atoms with Gasteiger partial charge in [-0.1, -0.05) is 44.8 Å². The number of ether oxygens (including phenoxy) is 2. The van der Waals surface area contributed by atoms with Crippen molar-refractivity contribution in [2.24, 2.45) is 5.92 Å². The summed E-state index contributed by atoms with van der Waals surface area (Å²) >= 11 is 0. The third kappa shape index (κ3) is 6.21. The second-order valence-electron chi connectivity index (χ2n) is 7.20. The first-order valence-corrected chi connectivity index (χ1v) is 9.86. The van der Waals surface area contributed by atoms with Gasteiger partial charge in [-0.2, -0.15) is 0 Å². The summed E-state index contributed by atoms with van der Waals surface area (Å²) in [6, 6.07) is 0. The number of allylic oxidation sites excluding steroid dienone is 2. The summed E-state index contributed by atoms with van der Waals surface area (Å²) in [6.07, 6.45) is 16.7. The quantitative estimate of drug-likeness (QED) is 0.390. The van der Waals surface area contributed by atoms with Gasteiger partial charge in [-0.3, -0.25) is 4.79 Å². The molecule has 0 aromatic heterocycles. The monoisotopic (exact) mass is 338 g/mol. The minimum atomic E-state index is -0.711. The van der Waals surface area contributed by atoms with E-state index in [2.05, 4.69) is 19.1 Å². The molecule has 24 heavy (non-hydrogen) atoms. The molecule has 0 spiro atoms. The number of rotatable bonds is 13. The van der Waals surface area contributed by atoms with E-state index in [9.17, 15) is 4.79 Å². The number of aliphatic carboxylic acids is 1. The van der Waals surface area contributed by atoms with Gasteiger partial charge in [0.1, 0.15) is 0 Å². The largest absolute Gasteiger partial charge is 0.481 e. The predicted molar refractivity (Wildman–Crippen MR) is 95.1 cm³/mol. The molecular weight excluding hydrogens is 304 g/mol. The zero-order chi connectivity index (χ0) is 17.2. The Morgan fingerprint density at radius 1 is 1.12 bits per heavy atom. The zero-order valence-electron chi connectivity index (χ0n) is 15.1. The van der Waals surface area contributed by atoms with Crippen molar-refractivity contribution in [1.29, 1.82) is 0 Å². The number of carbonyl (C=O) groups is 1. The fourth-order valence-electron chi connectivity index (χ4n) is 3.92. The summed E-state index contributed by atoms with van der Waals surface area (Å²) < 4.78 is 12.3. The van der Waals surface area contributed by atoms with Gasteiger partial charge >= 0.3 is 5.97 Å². The van der Waals surface area contributed by atoms with Crippen LogP contribution in [0.4, 0.5) is 0 Å². The molecule has 138 valence electrons. The minimum absolute atomic E-state index is 0.255. The Balaban J connectivity index is 1.65. The lowest BCUT2D eigenvalue weighted by molar-refractivity contribution is -0.137. The molecule has 2 heterocycles. The second-order valence-corrected chi connectivity index (χ2v) is 7.20. The molecule has 1 N–H and O–H groups in total. The summed E-state index contributed by atoms with van der Waals surface area (Å²) in [5, 5.41) is 8.64. The van der Waals surface area contributed by atoms with E-state index >= 15 is 0 Å². The highest BCUT2D eigenvalue weighted by Gasteiger charge is 2.48. The molecule has 0 radical (unpaired) electrons. The average Bonchev–Trinajstić information content (AvgIpc) is 3.15. The van der Waals surface area contributed by atoms with E-state index in [1.165, 1.54) is 32.1 Å². The van der Waals surface area contributed by atoms with Gasteiger partial charge in [0.25, 0.3) is 0 Å². The lowest BCUT2D eigenvalue weighted by Gasteiger charge is -2.27. The molecule has 4 nitrogen and oxygen atoms in total. The molecule has 2 aliphatic heterocycles. The van der Waals surface area contributed by atoms with Gasteiger partial charge in [-0.25, -0.2) is 0 Å². The van der Waals surface area contributed by atoms with Crippen LogP contribution in [-0.2, 0) is 14.3 Å². The van der Waals surface area contributed by atoms with Gasteiger partial charge in [0, 0.05) is 18.9 Å². The van der Waals surface area contributed by atoms with Crippen molar-refractivity contribution < 1.29 is 19.4 Å². The number of hydrogen-bond acceptors (Lipinski definition) is 3. The molecule has 2 fully saturated rings. The summed E-state index contributed by atoms with van der Waals surface area (Å²) in [5.74, 6) is -0.229. The first-order valence-electron chi connectivity index (χ1n) is 9.86. The van der Waals surface area contributed by atoms with Crippen LogP contribution in [0.5, 0.6) is 0 Å². The SMILES string of the molecule is CCCCCCCO[C@@H]1[C@@H](CC=CCCCC(=O)O)[C@H]2CC[C@@H]1O2. The maximum Gasteiger partial charge on any atom is 0.303 e. The Morgan fingerprint density at radius 2 is 1.92 bits per heavy atom. The van der Waals surface area contributed by atoms with Crippen molar-refractivity contribution in [2.45, 2.75) is 95.9 Å². The maximum absolute atomic E-state index is 10.5. The minimum Gasteiger partial charge on any atom is -0.481 e. The zero-order valence-corrected chi connectivity index (χ0v) is 15.1. The molecule has 0 saturated carbocycles. The molecule has 2 bridgehead atoms. The van der Waals surface area contributed by atoms with Crippen molar-refractivity contribution in [3.8, 4) is 0 Å². The maximum atomic E-state index is 10.5. The summed E-state index contributed by atoms with van der Waals surface area (Å²) in [7, 11) is 0. The van der Waals surface area contributed by atoms with E-state index in [0.717, 1.165) is 38.7 Å². The first-order chi connectivity index (χ1) is 11.7. The van der Waals surface area contributed by atoms with Crippen molar-refractivity contribution >= 4 is 5.97 Å². The van der Waals surface area contributed by atoms with Crippen molar-refractivity contribution in [1.82, 2.24) is 0 Å². The topological polar surface area (TPSA) is 55.8 Å². The van der Waals surface area contributed by atoms with Crippen LogP contribution in [0.15, 0.2) is 12.2 Å². The Hall–Kier alpha value is -0.870. The van der Waals surface area contributed by atoms with Gasteiger partial charge in [0.05, 0.1) is 18.3 Å². The number of carboxylic acid groups (broad SMARTS) is 1. The van der Waals surface area contributed by atoms with Gasteiger partial charge in [-0.05, 0) is 38.5 Å². The highest BCUT2D eigenvalue weighted by Crippen LogP contribution is 2.42. The van der Waals surface area contributed by atoms with E-state index in [1.54, 1.807) is 0 Å². The number of unbranched alkanes of at least 4 members (excludes halogenated alkanes) is 5. The Labute approximate surface area is 146 Å². The summed E-state index contributed by atoms with van der Waals surface area (Å²) in [5.41, 5.74) is 0. The standard InChI is InChI=1S/C20H34O4/c1-2-3-4-7-10-15-23-20-16(17-13-14-18(20)24-17)11-8-5-6-9-12-19(21)22/h5,8,16-18,20H,2-4,6-7,9-15H2,1H3,(H,21,22)/t16-,17+,18-,20+/m0/s1. The van der Waals surface area contributed by atoms with E-state index < -0.39 is 5.97 Å². The summed E-state index contributed by atoms with van der Waals surface area (Å²) in [6.45, 7) is 3.10. The fraction of sp³-hybridized carbons (Fsp3) is 0.850. The van der Waals surface area contributed by atoms with Crippen LogP contribution in [0.25, 0.3) is 0 Å². The fourth-order valence-corrected chi connectivity index (χ4v) is 3.92. The second kappa shape index (κ2) is 10.9. The Kier molecular flexibility index (Phi) is 8.82. The molecule has 0 aliphatic carbocycles. The Morgan fingerprint density at radius 3 is 2.71 bits per heavy atom. The van der Waals surface area contributed by atoms with Crippen molar-refractivity contribution in [3.05, 3.63) is 12.2 Å². The molecule has 0 unspecified atom stereocenters. The van der Waals surface area contributed by atoms with Crippen molar-refractivity contribution in [2.75, 3.05) is 6.61 Å². The molecule has 0 aromatic carbocycles. The van der Waals surface area contributed by atoms with Crippen LogP contribution >= 0.6 is 0 Å². The molecule has 2 rings (SSSR count). The average molecular weight is 338 g/mol. The Bertz CT molecular complexity index is 393. The molecule has 0 aromatic rings. The van der Waals surface area contributed by atoms with Crippen LogP contribution in [-0.4, -0.2) is 36.0 Å². The highest BCUT2D eigenvalue weighted by atomic mass is 16.6. The van der Waals surface area contributed by atoms with Gasteiger partial charge in [0.15, 0.2) is 0 Å². The predicted octanol–water partition coefficient (Wildman–Crippen LogP) is 4.72. The van der Waals surface area contributed by atoms with Crippen LogP contribution in [0.1, 0.15) is 77.6 Å². The lowest BCUT2D eigenvalue weighted by atomic mass is 9.84. The molecule has 4 atom stereocenters. The molecule has 4 heteroatoms. The van der Waals surface area contributed by atoms with Gasteiger partial charge in [-0.15, -0.1) is 0 Å². The first kappa shape index (κ1) is 19.5. The molecule has 0 amide bonds. The number of carboxylic acids is 1. The smallest absolute Gasteiger partial charge is 0.303 e. The van der Waals surface area contributed by atoms with E-state index in [-0.39, 0.29) is 12.5 Å². The third-order valence-corrected chi connectivity index (χ3v) is 5.25. The van der Waals surface area contributed by atoms with E-state index in [0.29, 0.717) is 18.1 Å². The number of hydrogen-bond donors (Lipinski definition) is 1. The third-order valence-electron chi connectivity index (χ3n) is 5.25. The van der Waals surface area contributed by atoms with Crippen LogP contribution in [0, 0.1) is 5.92 Å². The molecular formula is C20H34O4. The molecule has 2 saturated heterocycles. The van der Waals surface area contributed by atoms with E-state index in [1.807, 2.05) is 0 Å². The van der Waals surface area contributed by atoms with E-state index in [4.69, 9.17) is 14.6 Å². The van der Waals surface area contributed by atoms with Crippen molar-refractivity contribution in [3.63, 3.8) is 0 Å². The normalized spacial score (nSPS) is 28.9. The lowest BCUT2D eigenvalue weighted by Crippen LogP contribution is -2.34. The van der Waals surface area contributed by atoms with Crippen LogP contribution in [0.2, 0.25) is 0 Å². The van der Waals surface area contributed by atoms with Gasteiger partial charge in [0.2, 0.25) is 0 Å². The highest BCUT2D eigenvalue weighted by molar-refractivity contribution is 5.66. The van der Waals surface area contributed by atoms with Gasteiger partial charge < -0.3 is 14.6 Å². The summed E-state index contributed by atoms with van der Waals surface area (Å²) in [4.78, 5) is 10.5. The van der Waals surface area contributed by atoms with Crippen LogP contribution in [0.3, 0.4) is 0 Å².